The third-order valence-electron chi connectivity index (χ3n) is 3.89. The van der Waals surface area contributed by atoms with Gasteiger partial charge in [-0.3, -0.25) is 13.9 Å². The molecule has 130 valence electrons. The van der Waals surface area contributed by atoms with Crippen LogP contribution in [0.15, 0.2) is 33.2 Å². The second-order valence-corrected chi connectivity index (χ2v) is 6.45. The largest absolute Gasteiger partial charge is 0.384 e. The summed E-state index contributed by atoms with van der Waals surface area (Å²) in [7, 11) is 2.87. The third-order valence-corrected chi connectivity index (χ3v) is 4.65. The highest BCUT2D eigenvalue weighted by Gasteiger charge is 2.17. The molecule has 7 nitrogen and oxygen atoms in total. The van der Waals surface area contributed by atoms with Gasteiger partial charge in [0.25, 0.3) is 5.56 Å². The van der Waals surface area contributed by atoms with Crippen molar-refractivity contribution in [1.82, 2.24) is 14.1 Å². The molecule has 0 spiro atoms. The van der Waals surface area contributed by atoms with Crippen molar-refractivity contribution in [2.75, 3.05) is 11.1 Å². The molecule has 0 bridgehead atoms. The van der Waals surface area contributed by atoms with E-state index in [9.17, 15) is 14.0 Å². The highest BCUT2D eigenvalue weighted by Crippen LogP contribution is 2.28. The van der Waals surface area contributed by atoms with Crippen molar-refractivity contribution in [3.05, 3.63) is 55.8 Å². The molecule has 1 aromatic carbocycles. The number of halogens is 1. The van der Waals surface area contributed by atoms with E-state index >= 15 is 0 Å². The van der Waals surface area contributed by atoms with E-state index in [2.05, 4.69) is 10.3 Å². The zero-order valence-electron chi connectivity index (χ0n) is 13.8. The molecule has 0 amide bonds. The second-order valence-electron chi connectivity index (χ2n) is 5.59. The number of nitrogens with one attached hydrogen (secondary N) is 1. The van der Waals surface area contributed by atoms with Crippen LogP contribution in [0.4, 0.5) is 21.0 Å². The highest BCUT2D eigenvalue weighted by molar-refractivity contribution is 7.14. The molecule has 3 rings (SSSR count). The van der Waals surface area contributed by atoms with Crippen molar-refractivity contribution in [2.24, 2.45) is 14.1 Å². The maximum absolute atomic E-state index is 13.6. The number of hydrogen-bond acceptors (Lipinski definition) is 6. The van der Waals surface area contributed by atoms with Crippen molar-refractivity contribution in [2.45, 2.75) is 6.92 Å². The molecule has 0 saturated carbocycles. The summed E-state index contributed by atoms with van der Waals surface area (Å²) < 4.78 is 15.8. The summed E-state index contributed by atoms with van der Waals surface area (Å²) in [5.41, 5.74) is 6.51. The van der Waals surface area contributed by atoms with E-state index in [1.54, 1.807) is 24.4 Å². The van der Waals surface area contributed by atoms with Crippen LogP contribution in [0, 0.1) is 12.7 Å². The van der Waals surface area contributed by atoms with E-state index < -0.39 is 11.2 Å². The Morgan fingerprint density at radius 3 is 2.64 bits per heavy atom. The smallest absolute Gasteiger partial charge is 0.332 e. The van der Waals surface area contributed by atoms with Gasteiger partial charge in [0.1, 0.15) is 17.2 Å². The molecule has 3 N–H and O–H groups in total. The highest BCUT2D eigenvalue weighted by atomic mass is 32.1. The number of nitrogens with two attached hydrogens (primary N) is 1. The topological polar surface area (TPSA) is 94.9 Å². The van der Waals surface area contributed by atoms with Crippen LogP contribution in [0.3, 0.4) is 0 Å². The number of nitrogen functional groups attached to an aromatic ring is 1. The van der Waals surface area contributed by atoms with Gasteiger partial charge in [0.2, 0.25) is 0 Å². The predicted octanol–water partition coefficient (Wildman–Crippen LogP) is 1.98. The molecule has 2 aromatic heterocycles. The zero-order valence-corrected chi connectivity index (χ0v) is 14.6. The first-order valence-corrected chi connectivity index (χ1v) is 8.22. The normalized spacial score (nSPS) is 10.9. The second kappa shape index (κ2) is 6.17. The fourth-order valence-corrected chi connectivity index (χ4v) is 3.06. The van der Waals surface area contributed by atoms with Crippen LogP contribution in [0.5, 0.6) is 0 Å². The lowest BCUT2D eigenvalue weighted by Gasteiger charge is -2.09. The van der Waals surface area contributed by atoms with Crippen LogP contribution >= 0.6 is 11.3 Å². The first kappa shape index (κ1) is 16.9. The average molecular weight is 361 g/mol. The number of nitrogens with zero attached hydrogens (tertiary/aromatic N) is 3. The maximum atomic E-state index is 13.6. The van der Waals surface area contributed by atoms with Gasteiger partial charge in [-0.25, -0.2) is 14.2 Å². The fourth-order valence-electron chi connectivity index (χ4n) is 2.34. The Morgan fingerprint density at radius 2 is 1.96 bits per heavy atom. The number of thiazole rings is 1. The third kappa shape index (κ3) is 2.93. The van der Waals surface area contributed by atoms with Gasteiger partial charge < -0.3 is 11.1 Å². The minimum Gasteiger partial charge on any atom is -0.384 e. The van der Waals surface area contributed by atoms with Gasteiger partial charge >= 0.3 is 5.69 Å². The van der Waals surface area contributed by atoms with E-state index in [-0.39, 0.29) is 17.2 Å². The molecule has 0 unspecified atom stereocenters. The molecule has 0 aliphatic heterocycles. The van der Waals surface area contributed by atoms with Crippen LogP contribution in [-0.2, 0) is 14.1 Å². The number of benzene rings is 1. The Morgan fingerprint density at radius 1 is 1.24 bits per heavy atom. The Labute approximate surface area is 146 Å². The summed E-state index contributed by atoms with van der Waals surface area (Å²) >= 11 is 1.25. The van der Waals surface area contributed by atoms with Crippen molar-refractivity contribution < 1.29 is 4.39 Å². The predicted molar refractivity (Wildman–Crippen MR) is 96.9 cm³/mol. The monoisotopic (exact) mass is 361 g/mol. The maximum Gasteiger partial charge on any atom is 0.332 e. The van der Waals surface area contributed by atoms with Crippen molar-refractivity contribution in [3.63, 3.8) is 0 Å². The van der Waals surface area contributed by atoms with E-state index in [4.69, 9.17) is 5.73 Å². The minimum atomic E-state index is -0.515. The Balaban J connectivity index is 2.01. The molecular weight excluding hydrogens is 345 g/mol. The molecule has 0 fully saturated rings. The molecule has 0 radical (unpaired) electrons. The number of rotatable bonds is 3. The van der Waals surface area contributed by atoms with Gasteiger partial charge in [0, 0.05) is 25.2 Å². The quantitative estimate of drug-likeness (QED) is 0.744. The molecule has 0 saturated heterocycles. The standard InChI is InChI=1S/C16H16FN5O2S/c1-8-4-5-9(6-10(8)17)19-15-20-11(7-25-15)12-13(18)21(2)16(24)22(3)14(12)23/h4-7H,18H2,1-3H3,(H,19,20). The minimum absolute atomic E-state index is 0.0475. The van der Waals surface area contributed by atoms with Gasteiger partial charge in [-0.15, -0.1) is 11.3 Å². The van der Waals surface area contributed by atoms with Gasteiger partial charge in [0.05, 0.1) is 5.69 Å². The summed E-state index contributed by atoms with van der Waals surface area (Å²) in [5, 5.41) is 5.13. The Hall–Kier alpha value is -2.94. The molecule has 0 atom stereocenters. The van der Waals surface area contributed by atoms with E-state index in [0.717, 1.165) is 4.57 Å². The van der Waals surface area contributed by atoms with Gasteiger partial charge in [-0.1, -0.05) is 6.07 Å². The summed E-state index contributed by atoms with van der Waals surface area (Å²) in [6.07, 6.45) is 0. The van der Waals surface area contributed by atoms with Crippen LogP contribution in [0.2, 0.25) is 0 Å². The van der Waals surface area contributed by atoms with Gasteiger partial charge in [-0.2, -0.15) is 0 Å². The number of hydrogen-bond donors (Lipinski definition) is 2. The van der Waals surface area contributed by atoms with Crippen molar-refractivity contribution in [1.29, 1.82) is 0 Å². The summed E-state index contributed by atoms with van der Waals surface area (Å²) in [6, 6.07) is 4.77. The molecule has 25 heavy (non-hydrogen) atoms. The van der Waals surface area contributed by atoms with Crippen molar-refractivity contribution in [3.8, 4) is 11.3 Å². The lowest BCUT2D eigenvalue weighted by Crippen LogP contribution is -2.39. The molecule has 0 aliphatic rings. The van der Waals surface area contributed by atoms with Crippen LogP contribution in [0.1, 0.15) is 5.56 Å². The summed E-state index contributed by atoms with van der Waals surface area (Å²) in [6.45, 7) is 1.68. The lowest BCUT2D eigenvalue weighted by molar-refractivity contribution is 0.619. The molecule has 3 aromatic rings. The molecule has 0 aliphatic carbocycles. The van der Waals surface area contributed by atoms with Crippen LogP contribution in [0.25, 0.3) is 11.3 Å². The van der Waals surface area contributed by atoms with Gasteiger partial charge in [-0.05, 0) is 24.6 Å². The van der Waals surface area contributed by atoms with E-state index in [1.165, 1.54) is 36.1 Å². The molecule has 9 heteroatoms. The van der Waals surface area contributed by atoms with Gasteiger partial charge in [0.15, 0.2) is 5.13 Å². The number of anilines is 3. The first-order valence-electron chi connectivity index (χ1n) is 7.34. The summed E-state index contributed by atoms with van der Waals surface area (Å²) in [4.78, 5) is 28.6. The fraction of sp³-hybridized carbons (Fsp3) is 0.188. The zero-order chi connectivity index (χ0) is 18.3. The van der Waals surface area contributed by atoms with Crippen LogP contribution < -0.4 is 22.3 Å². The Kier molecular flexibility index (Phi) is 4.17. The molecular formula is C16H16FN5O2S. The average Bonchev–Trinajstić information content (AvgIpc) is 3.03. The summed E-state index contributed by atoms with van der Waals surface area (Å²) in [5.74, 6) is -0.274. The SMILES string of the molecule is Cc1ccc(Nc2nc(-c3c(N)n(C)c(=O)n(C)c3=O)cs2)cc1F. The van der Waals surface area contributed by atoms with E-state index in [0.29, 0.717) is 22.1 Å². The Bertz CT molecular complexity index is 1080. The number of aromatic nitrogens is 3. The lowest BCUT2D eigenvalue weighted by atomic mass is 10.2. The van der Waals surface area contributed by atoms with Crippen molar-refractivity contribution >= 4 is 28.0 Å². The number of aryl methyl sites for hydroxylation is 1. The van der Waals surface area contributed by atoms with E-state index in [1.807, 2.05) is 0 Å². The first-order chi connectivity index (χ1) is 11.8. The molecule has 2 heterocycles. The van der Waals surface area contributed by atoms with Crippen LogP contribution in [-0.4, -0.2) is 14.1 Å².